The number of carbonyl (C=O) groups is 1. The Morgan fingerprint density at radius 2 is 2.12 bits per heavy atom. The number of ether oxygens (including phenoxy) is 1. The van der Waals surface area contributed by atoms with Gasteiger partial charge in [0, 0.05) is 31.8 Å². The van der Waals surface area contributed by atoms with Gasteiger partial charge in [0.15, 0.2) is 0 Å². The number of aryl methyl sites for hydroxylation is 1. The molecule has 2 N–H and O–H groups in total. The first-order chi connectivity index (χ1) is 11.3. The number of hydrogen-bond donors (Lipinski definition) is 2. The quantitative estimate of drug-likeness (QED) is 0.876. The van der Waals surface area contributed by atoms with Crippen molar-refractivity contribution in [3.63, 3.8) is 0 Å². The van der Waals surface area contributed by atoms with Gasteiger partial charge in [0.05, 0.1) is 23.2 Å². The van der Waals surface area contributed by atoms with Crippen molar-refractivity contribution in [1.29, 1.82) is 0 Å². The van der Waals surface area contributed by atoms with E-state index in [9.17, 15) is 4.79 Å². The Hall–Kier alpha value is -1.63. The van der Waals surface area contributed by atoms with E-state index in [4.69, 9.17) is 9.72 Å². The molecule has 2 atom stereocenters. The fraction of sp³-hybridized carbons (Fsp3) is 0.556. The van der Waals surface area contributed by atoms with E-state index in [0.717, 1.165) is 22.5 Å². The molecule has 0 saturated carbocycles. The van der Waals surface area contributed by atoms with Crippen LogP contribution in [0.15, 0.2) is 18.2 Å². The van der Waals surface area contributed by atoms with E-state index in [1.807, 2.05) is 25.2 Å². The lowest BCUT2D eigenvalue weighted by atomic mass is 9.96. The molecule has 1 amide bonds. The van der Waals surface area contributed by atoms with E-state index in [1.165, 1.54) is 0 Å². The molecule has 3 rings (SSSR count). The van der Waals surface area contributed by atoms with Gasteiger partial charge in [-0.3, -0.25) is 4.79 Å². The topological polar surface area (TPSA) is 68.2 Å². The van der Waals surface area contributed by atoms with E-state index >= 15 is 0 Å². The Morgan fingerprint density at radius 1 is 1.40 bits per heavy atom. The number of rotatable bonds is 3. The van der Waals surface area contributed by atoms with E-state index in [1.54, 1.807) is 7.11 Å². The number of methoxy groups -OCH3 is 1. The van der Waals surface area contributed by atoms with Crippen LogP contribution in [0.5, 0.6) is 0 Å². The van der Waals surface area contributed by atoms with Crippen LogP contribution in [-0.2, 0) is 22.0 Å². The number of halogens is 1. The number of anilines is 1. The maximum atomic E-state index is 12.4. The van der Waals surface area contributed by atoms with Crippen LogP contribution in [0.3, 0.4) is 0 Å². The van der Waals surface area contributed by atoms with Gasteiger partial charge in [-0.25, -0.2) is 4.98 Å². The largest absolute Gasteiger partial charge is 0.380 e. The molecule has 1 aliphatic rings. The molecule has 138 valence electrons. The Balaban J connectivity index is 0.00000225. The lowest BCUT2D eigenvalue weighted by molar-refractivity contribution is -0.118. The van der Waals surface area contributed by atoms with Crippen molar-refractivity contribution in [2.45, 2.75) is 44.8 Å². The number of aromatic nitrogens is 2. The van der Waals surface area contributed by atoms with Gasteiger partial charge in [-0.05, 0) is 24.6 Å². The molecule has 0 bridgehead atoms. The third-order valence-electron chi connectivity index (χ3n) is 4.56. The second-order valence-electron chi connectivity index (χ2n) is 7.49. The summed E-state index contributed by atoms with van der Waals surface area (Å²) in [6.45, 7) is 7.15. The summed E-state index contributed by atoms with van der Waals surface area (Å²) in [6, 6.07) is 5.66. The van der Waals surface area contributed by atoms with E-state index in [2.05, 4.69) is 36.0 Å². The third-order valence-corrected chi connectivity index (χ3v) is 4.56. The van der Waals surface area contributed by atoms with Crippen LogP contribution >= 0.6 is 12.4 Å². The number of hydrogen-bond acceptors (Lipinski definition) is 4. The molecule has 1 fully saturated rings. The zero-order valence-corrected chi connectivity index (χ0v) is 16.2. The fourth-order valence-corrected chi connectivity index (χ4v) is 3.26. The van der Waals surface area contributed by atoms with Crippen LogP contribution in [0.1, 0.15) is 33.0 Å². The number of carbonyl (C=O) groups excluding carboxylic acids is 1. The molecule has 1 aromatic carbocycles. The first-order valence-electron chi connectivity index (χ1n) is 8.33. The molecular formula is C18H27ClN4O2. The minimum atomic E-state index is -0.209. The van der Waals surface area contributed by atoms with Crippen molar-refractivity contribution in [3.8, 4) is 0 Å². The molecule has 2 aromatic rings. The Kier molecular flexibility index (Phi) is 5.76. The summed E-state index contributed by atoms with van der Waals surface area (Å²) in [7, 11) is 3.70. The number of benzene rings is 1. The molecule has 1 aromatic heterocycles. The fourth-order valence-electron chi connectivity index (χ4n) is 3.26. The minimum absolute atomic E-state index is 0. The van der Waals surface area contributed by atoms with Crippen LogP contribution in [0.2, 0.25) is 0 Å². The Morgan fingerprint density at radius 3 is 2.72 bits per heavy atom. The number of fused-ring (bicyclic) bond motifs is 1. The second kappa shape index (κ2) is 7.32. The van der Waals surface area contributed by atoms with Crippen molar-refractivity contribution in [1.82, 2.24) is 14.9 Å². The van der Waals surface area contributed by atoms with Gasteiger partial charge in [-0.2, -0.15) is 0 Å². The molecule has 1 saturated heterocycles. The first kappa shape index (κ1) is 19.7. The van der Waals surface area contributed by atoms with Crippen LogP contribution in [0.25, 0.3) is 11.0 Å². The van der Waals surface area contributed by atoms with Crippen LogP contribution < -0.4 is 10.6 Å². The molecule has 0 unspecified atom stereocenters. The molecule has 2 heterocycles. The summed E-state index contributed by atoms with van der Waals surface area (Å²) in [4.78, 5) is 17.1. The number of amides is 1. The van der Waals surface area contributed by atoms with Crippen LogP contribution in [0.4, 0.5) is 5.69 Å². The maximum Gasteiger partial charge on any atom is 0.241 e. The van der Waals surface area contributed by atoms with E-state index in [-0.39, 0.29) is 35.9 Å². The van der Waals surface area contributed by atoms with Gasteiger partial charge in [-0.15, -0.1) is 12.4 Å². The highest BCUT2D eigenvalue weighted by Gasteiger charge is 2.29. The lowest BCUT2D eigenvalue weighted by Crippen LogP contribution is -2.35. The highest BCUT2D eigenvalue weighted by Crippen LogP contribution is 2.27. The van der Waals surface area contributed by atoms with Gasteiger partial charge in [0.2, 0.25) is 5.91 Å². The van der Waals surface area contributed by atoms with Crippen molar-refractivity contribution < 1.29 is 9.53 Å². The average molecular weight is 367 g/mol. The molecule has 0 radical (unpaired) electrons. The third kappa shape index (κ3) is 3.97. The Bertz CT molecular complexity index is 766. The monoisotopic (exact) mass is 366 g/mol. The van der Waals surface area contributed by atoms with E-state index in [0.29, 0.717) is 13.0 Å². The van der Waals surface area contributed by atoms with Gasteiger partial charge in [-0.1, -0.05) is 20.8 Å². The second-order valence-corrected chi connectivity index (χ2v) is 7.49. The number of imidazole rings is 1. The highest BCUT2D eigenvalue weighted by molar-refractivity contribution is 5.96. The summed E-state index contributed by atoms with van der Waals surface area (Å²) in [6.07, 6.45) is 0.802. The summed E-state index contributed by atoms with van der Waals surface area (Å²) in [5.41, 5.74) is 2.71. The molecule has 6 nitrogen and oxygen atoms in total. The lowest BCUT2D eigenvalue weighted by Gasteiger charge is -2.17. The van der Waals surface area contributed by atoms with Crippen molar-refractivity contribution >= 4 is 35.0 Å². The molecule has 0 spiro atoms. The molecule has 0 aliphatic carbocycles. The summed E-state index contributed by atoms with van der Waals surface area (Å²) in [5, 5.41) is 6.17. The predicted octanol–water partition coefficient (Wildman–Crippen LogP) is 2.61. The van der Waals surface area contributed by atoms with Crippen LogP contribution in [0, 0.1) is 0 Å². The van der Waals surface area contributed by atoms with Gasteiger partial charge < -0.3 is 19.9 Å². The van der Waals surface area contributed by atoms with Crippen molar-refractivity contribution in [2.75, 3.05) is 19.0 Å². The zero-order chi connectivity index (χ0) is 17.5. The van der Waals surface area contributed by atoms with Crippen LogP contribution in [-0.4, -0.2) is 41.3 Å². The van der Waals surface area contributed by atoms with E-state index < -0.39 is 0 Å². The summed E-state index contributed by atoms with van der Waals surface area (Å²) < 4.78 is 7.41. The standard InChI is InChI=1S/C18H26N4O2.ClH/c1-18(2,3)17-21-13-8-11(6-7-15(13)22(17)4)20-16(23)14-9-12(24-5)10-19-14;/h6-8,12,14,19H,9-10H2,1-5H3,(H,20,23);1H/t12-,14+;/m0./s1. The summed E-state index contributed by atoms with van der Waals surface area (Å²) in [5.74, 6) is 1.00. The van der Waals surface area contributed by atoms with Crippen molar-refractivity contribution in [2.24, 2.45) is 7.05 Å². The predicted molar refractivity (Wildman–Crippen MR) is 102 cm³/mol. The van der Waals surface area contributed by atoms with Gasteiger partial charge in [0.1, 0.15) is 5.82 Å². The molecule has 25 heavy (non-hydrogen) atoms. The molecule has 1 aliphatic heterocycles. The maximum absolute atomic E-state index is 12.4. The SMILES string of the molecule is CO[C@@H]1CN[C@@H](C(=O)Nc2ccc3c(c2)nc(C(C)(C)C)n3C)C1.Cl. The normalized spacial score (nSPS) is 20.5. The van der Waals surface area contributed by atoms with Gasteiger partial charge >= 0.3 is 0 Å². The zero-order valence-electron chi connectivity index (χ0n) is 15.4. The first-order valence-corrected chi connectivity index (χ1v) is 8.33. The minimum Gasteiger partial charge on any atom is -0.380 e. The van der Waals surface area contributed by atoms with Crippen molar-refractivity contribution in [3.05, 3.63) is 24.0 Å². The summed E-state index contributed by atoms with van der Waals surface area (Å²) >= 11 is 0. The van der Waals surface area contributed by atoms with Gasteiger partial charge in [0.25, 0.3) is 0 Å². The molecule has 7 heteroatoms. The smallest absolute Gasteiger partial charge is 0.241 e. The number of nitrogens with zero attached hydrogens (tertiary/aromatic N) is 2. The molecular weight excluding hydrogens is 340 g/mol. The average Bonchev–Trinajstić information content (AvgIpc) is 3.11. The highest BCUT2D eigenvalue weighted by atomic mass is 35.5. The number of nitrogens with one attached hydrogen (secondary N) is 2. The Labute approximate surface area is 154 Å².